The maximum Gasteiger partial charge on any atom is 0.232 e. The molecule has 5 rings (SSSR count). The highest BCUT2D eigenvalue weighted by Crippen LogP contribution is 2.33. The molecule has 0 spiro atoms. The Morgan fingerprint density at radius 3 is 2.64 bits per heavy atom. The summed E-state index contributed by atoms with van der Waals surface area (Å²) in [5, 5.41) is 0. The Labute approximate surface area is 153 Å². The molecule has 5 heteroatoms. The molecule has 0 aromatic heterocycles. The second-order valence-electron chi connectivity index (χ2n) is 7.92. The lowest BCUT2D eigenvalue weighted by atomic mass is 9.95. The molecule has 4 aliphatic rings. The average Bonchev–Trinajstić information content (AvgIpc) is 3.44. The van der Waals surface area contributed by atoms with E-state index >= 15 is 0 Å². The molecule has 25 heavy (non-hydrogen) atoms. The summed E-state index contributed by atoms with van der Waals surface area (Å²) < 4.78 is 13.1. The topological polar surface area (TPSA) is 23.6 Å². The number of carbonyl (C=O) groups excluding carboxylic acids is 1. The Hall–Kier alpha value is -1.07. The van der Waals surface area contributed by atoms with Crippen molar-refractivity contribution < 1.29 is 9.18 Å². The van der Waals surface area contributed by atoms with E-state index in [9.17, 15) is 9.18 Å². The number of hydrogen-bond acceptors (Lipinski definition) is 3. The Morgan fingerprint density at radius 1 is 1.08 bits per heavy atom. The van der Waals surface area contributed by atoms with Crippen molar-refractivity contribution in [2.24, 2.45) is 11.8 Å². The monoisotopic (exact) mass is 362 g/mol. The average molecular weight is 363 g/mol. The first-order chi connectivity index (χ1) is 12.2. The third-order valence-corrected chi connectivity index (χ3v) is 6.86. The lowest BCUT2D eigenvalue weighted by Crippen LogP contribution is -2.48. The van der Waals surface area contributed by atoms with Gasteiger partial charge in [0.2, 0.25) is 5.91 Å². The summed E-state index contributed by atoms with van der Waals surface area (Å²) in [6.45, 7) is 3.78. The largest absolute Gasteiger partial charge is 0.337 e. The molecule has 3 aliphatic heterocycles. The Bertz CT molecular complexity index is 604. The molecule has 0 unspecified atom stereocenters. The molecule has 2 atom stereocenters. The molecule has 4 fully saturated rings. The van der Waals surface area contributed by atoms with Crippen LogP contribution in [0.2, 0.25) is 0 Å². The molecule has 1 aliphatic carbocycles. The van der Waals surface area contributed by atoms with Crippen LogP contribution in [0.15, 0.2) is 24.3 Å². The fourth-order valence-electron chi connectivity index (χ4n) is 4.14. The highest BCUT2D eigenvalue weighted by atomic mass is 32.2. The molecule has 3 saturated heterocycles. The molecule has 1 aromatic rings. The van der Waals surface area contributed by atoms with E-state index in [4.69, 9.17) is 0 Å². The second kappa shape index (κ2) is 7.67. The van der Waals surface area contributed by atoms with Crippen LogP contribution in [0.5, 0.6) is 0 Å². The Morgan fingerprint density at radius 2 is 1.88 bits per heavy atom. The summed E-state index contributed by atoms with van der Waals surface area (Å²) >= 11 is 1.82. The number of halogens is 1. The molecule has 3 nitrogen and oxygen atoms in total. The summed E-state index contributed by atoms with van der Waals surface area (Å²) in [4.78, 5) is 17.3. The van der Waals surface area contributed by atoms with E-state index in [2.05, 4.69) is 9.80 Å². The van der Waals surface area contributed by atoms with Gasteiger partial charge in [0.05, 0.1) is 5.75 Å². The van der Waals surface area contributed by atoms with Crippen LogP contribution in [-0.4, -0.2) is 52.9 Å². The molecule has 1 saturated carbocycles. The highest BCUT2D eigenvalue weighted by Gasteiger charge is 2.37. The third-order valence-electron chi connectivity index (χ3n) is 5.70. The number of fused-ring (bicyclic) bond motifs is 4. The van der Waals surface area contributed by atoms with Gasteiger partial charge in [0.25, 0.3) is 0 Å². The first kappa shape index (κ1) is 17.3. The molecular weight excluding hydrogens is 335 g/mol. The summed E-state index contributed by atoms with van der Waals surface area (Å²) in [5.74, 6) is 3.42. The lowest BCUT2D eigenvalue weighted by Gasteiger charge is -2.36. The minimum Gasteiger partial charge on any atom is -0.337 e. The number of piperidine rings is 1. The molecule has 3 heterocycles. The predicted molar refractivity (Wildman–Crippen MR) is 100.0 cm³/mol. The van der Waals surface area contributed by atoms with Gasteiger partial charge in [0, 0.05) is 32.2 Å². The minimum absolute atomic E-state index is 0.180. The smallest absolute Gasteiger partial charge is 0.232 e. The van der Waals surface area contributed by atoms with Crippen LogP contribution in [0.3, 0.4) is 0 Å². The summed E-state index contributed by atoms with van der Waals surface area (Å²) in [6.07, 6.45) is 5.06. The number of thioether (sulfide) groups is 1. The van der Waals surface area contributed by atoms with Gasteiger partial charge in [-0.05, 0) is 61.0 Å². The number of amides is 1. The van der Waals surface area contributed by atoms with Crippen LogP contribution < -0.4 is 0 Å². The van der Waals surface area contributed by atoms with Crippen molar-refractivity contribution >= 4 is 17.7 Å². The van der Waals surface area contributed by atoms with Gasteiger partial charge in [-0.15, -0.1) is 0 Å². The third kappa shape index (κ3) is 4.56. The van der Waals surface area contributed by atoms with Crippen molar-refractivity contribution in [2.75, 3.05) is 31.1 Å². The number of benzene rings is 1. The van der Waals surface area contributed by atoms with Crippen molar-refractivity contribution in [1.29, 1.82) is 0 Å². The zero-order valence-corrected chi connectivity index (χ0v) is 15.5. The maximum absolute atomic E-state index is 13.1. The van der Waals surface area contributed by atoms with E-state index in [0.717, 1.165) is 49.8 Å². The molecule has 0 N–H and O–H groups in total. The summed E-state index contributed by atoms with van der Waals surface area (Å²) in [6, 6.07) is 7.18. The summed E-state index contributed by atoms with van der Waals surface area (Å²) in [5.41, 5.74) is 1.15. The van der Waals surface area contributed by atoms with E-state index in [1.165, 1.54) is 31.4 Å². The first-order valence-electron chi connectivity index (χ1n) is 9.51. The first-order valence-corrected chi connectivity index (χ1v) is 10.7. The minimum atomic E-state index is -0.180. The molecule has 1 aromatic carbocycles. The van der Waals surface area contributed by atoms with Gasteiger partial charge in [-0.3, -0.25) is 9.69 Å². The van der Waals surface area contributed by atoms with Crippen LogP contribution in [0.1, 0.15) is 31.2 Å². The molecule has 0 radical (unpaired) electrons. The van der Waals surface area contributed by atoms with Crippen LogP contribution in [0, 0.1) is 17.7 Å². The van der Waals surface area contributed by atoms with E-state index in [-0.39, 0.29) is 5.82 Å². The number of hydrogen-bond donors (Lipinski definition) is 0. The standard InChI is InChI=1S/C20H27FN2OS/c21-18-6-3-15(4-7-18)9-22-10-17-5-8-19(12-22)23(11-17)20(24)14-25-13-16-1-2-16/h3-4,6-7,16-17,19H,1-2,5,8-14H2/t17-,19+/m0/s1. The highest BCUT2D eigenvalue weighted by molar-refractivity contribution is 7.99. The van der Waals surface area contributed by atoms with Gasteiger partial charge in [0.1, 0.15) is 5.82 Å². The number of rotatable bonds is 6. The van der Waals surface area contributed by atoms with Crippen LogP contribution >= 0.6 is 11.8 Å². The van der Waals surface area contributed by atoms with Crippen LogP contribution in [0.25, 0.3) is 0 Å². The van der Waals surface area contributed by atoms with Crippen molar-refractivity contribution in [2.45, 2.75) is 38.3 Å². The fourth-order valence-corrected chi connectivity index (χ4v) is 5.27. The van der Waals surface area contributed by atoms with Gasteiger partial charge in [0.15, 0.2) is 0 Å². The molecule has 2 bridgehead atoms. The normalized spacial score (nSPS) is 26.7. The zero-order chi connectivity index (χ0) is 17.2. The van der Waals surface area contributed by atoms with E-state index in [1.54, 1.807) is 0 Å². The van der Waals surface area contributed by atoms with Crippen LogP contribution in [0.4, 0.5) is 4.39 Å². The van der Waals surface area contributed by atoms with Gasteiger partial charge >= 0.3 is 0 Å². The second-order valence-corrected chi connectivity index (χ2v) is 8.95. The van der Waals surface area contributed by atoms with Crippen LogP contribution in [-0.2, 0) is 11.3 Å². The van der Waals surface area contributed by atoms with Crippen molar-refractivity contribution in [3.05, 3.63) is 35.6 Å². The van der Waals surface area contributed by atoms with Gasteiger partial charge in [-0.25, -0.2) is 4.39 Å². The van der Waals surface area contributed by atoms with Gasteiger partial charge in [-0.1, -0.05) is 12.1 Å². The Kier molecular flexibility index (Phi) is 5.32. The van der Waals surface area contributed by atoms with Gasteiger partial charge < -0.3 is 4.90 Å². The van der Waals surface area contributed by atoms with Gasteiger partial charge in [-0.2, -0.15) is 11.8 Å². The molecule has 136 valence electrons. The van der Waals surface area contributed by atoms with Crippen molar-refractivity contribution in [1.82, 2.24) is 9.80 Å². The quantitative estimate of drug-likeness (QED) is 0.775. The fraction of sp³-hybridized carbons (Fsp3) is 0.650. The SMILES string of the molecule is O=C(CSCC1CC1)N1C[C@H]2CC[C@@H]1CN(Cc1ccc(F)cc1)C2. The summed E-state index contributed by atoms with van der Waals surface area (Å²) in [7, 11) is 0. The zero-order valence-electron chi connectivity index (χ0n) is 14.7. The molecule has 1 amide bonds. The predicted octanol–water partition coefficient (Wildman–Crippen LogP) is 3.39. The van der Waals surface area contributed by atoms with Crippen molar-refractivity contribution in [3.63, 3.8) is 0 Å². The lowest BCUT2D eigenvalue weighted by molar-refractivity contribution is -0.132. The van der Waals surface area contributed by atoms with E-state index in [0.29, 0.717) is 23.6 Å². The number of carbonyl (C=O) groups is 1. The molecular formula is C20H27FN2OS. The van der Waals surface area contributed by atoms with E-state index in [1.807, 2.05) is 23.9 Å². The van der Waals surface area contributed by atoms with Crippen molar-refractivity contribution in [3.8, 4) is 0 Å². The Balaban J connectivity index is 1.34. The number of nitrogens with zero attached hydrogens (tertiary/aromatic N) is 2. The maximum atomic E-state index is 13.1. The van der Waals surface area contributed by atoms with E-state index < -0.39 is 0 Å².